The van der Waals surface area contributed by atoms with Gasteiger partial charge >= 0.3 is 5.97 Å². The predicted octanol–water partition coefficient (Wildman–Crippen LogP) is 0.0822. The Kier molecular flexibility index (Phi) is 3.62. The fraction of sp³-hybridized carbons (Fsp3) is 0.750. The molecule has 0 aromatic carbocycles. The SMILES string of the molecule is CNCC(=S)N1CCC[C@H]1C(=O)O. The normalized spacial score (nSPS) is 21.9. The van der Waals surface area contributed by atoms with Gasteiger partial charge in [0.1, 0.15) is 6.04 Å². The molecule has 0 bridgehead atoms. The number of rotatable bonds is 3. The van der Waals surface area contributed by atoms with E-state index in [-0.39, 0.29) is 0 Å². The van der Waals surface area contributed by atoms with E-state index in [1.54, 1.807) is 11.9 Å². The first-order valence-corrected chi connectivity index (χ1v) is 4.74. The lowest BCUT2D eigenvalue weighted by Crippen LogP contribution is -2.42. The summed E-state index contributed by atoms with van der Waals surface area (Å²) >= 11 is 5.11. The zero-order valence-electron chi connectivity index (χ0n) is 7.62. The summed E-state index contributed by atoms with van der Waals surface area (Å²) in [5, 5.41) is 11.8. The van der Waals surface area contributed by atoms with E-state index in [2.05, 4.69) is 5.32 Å². The predicted molar refractivity (Wildman–Crippen MR) is 53.9 cm³/mol. The zero-order chi connectivity index (χ0) is 9.84. The molecule has 0 unspecified atom stereocenters. The molecule has 1 rings (SSSR count). The number of likely N-dealkylation sites (tertiary alicyclic amines) is 1. The second kappa shape index (κ2) is 4.53. The highest BCUT2D eigenvalue weighted by molar-refractivity contribution is 7.80. The van der Waals surface area contributed by atoms with E-state index in [1.807, 2.05) is 0 Å². The van der Waals surface area contributed by atoms with Gasteiger partial charge in [-0.05, 0) is 19.9 Å². The van der Waals surface area contributed by atoms with E-state index in [0.717, 1.165) is 13.0 Å². The Balaban J connectivity index is 2.57. The van der Waals surface area contributed by atoms with Crippen molar-refractivity contribution in [2.45, 2.75) is 18.9 Å². The maximum absolute atomic E-state index is 10.8. The molecule has 0 spiro atoms. The Morgan fingerprint density at radius 3 is 3.00 bits per heavy atom. The minimum Gasteiger partial charge on any atom is -0.480 e. The van der Waals surface area contributed by atoms with E-state index in [4.69, 9.17) is 17.3 Å². The Morgan fingerprint density at radius 2 is 2.46 bits per heavy atom. The van der Waals surface area contributed by atoms with Gasteiger partial charge in [0.05, 0.1) is 4.99 Å². The van der Waals surface area contributed by atoms with Crippen LogP contribution in [-0.4, -0.2) is 47.1 Å². The number of carboxylic acids is 1. The minimum atomic E-state index is -0.768. The number of nitrogens with zero attached hydrogens (tertiary/aromatic N) is 1. The van der Waals surface area contributed by atoms with Gasteiger partial charge in [-0.3, -0.25) is 0 Å². The molecular formula is C8H14N2O2S. The fourth-order valence-electron chi connectivity index (χ4n) is 1.57. The van der Waals surface area contributed by atoms with Crippen LogP contribution in [0.15, 0.2) is 0 Å². The first-order valence-electron chi connectivity index (χ1n) is 4.33. The second-order valence-corrected chi connectivity index (χ2v) is 3.58. The number of aliphatic carboxylic acids is 1. The maximum Gasteiger partial charge on any atom is 0.326 e. The van der Waals surface area contributed by atoms with Crippen molar-refractivity contribution in [2.75, 3.05) is 20.1 Å². The van der Waals surface area contributed by atoms with Crippen LogP contribution in [-0.2, 0) is 4.79 Å². The highest BCUT2D eigenvalue weighted by atomic mass is 32.1. The Morgan fingerprint density at radius 1 is 1.77 bits per heavy atom. The smallest absolute Gasteiger partial charge is 0.326 e. The van der Waals surface area contributed by atoms with Crippen molar-refractivity contribution in [1.29, 1.82) is 0 Å². The molecule has 0 aromatic rings. The Hall–Kier alpha value is -0.680. The lowest BCUT2D eigenvalue weighted by atomic mass is 10.2. The van der Waals surface area contributed by atoms with Crippen LogP contribution >= 0.6 is 12.2 Å². The van der Waals surface area contributed by atoms with Crippen molar-refractivity contribution in [1.82, 2.24) is 10.2 Å². The number of carboxylic acid groups (broad SMARTS) is 1. The van der Waals surface area contributed by atoms with Gasteiger partial charge < -0.3 is 15.3 Å². The first kappa shape index (κ1) is 10.4. The minimum absolute atomic E-state index is 0.402. The third-order valence-electron chi connectivity index (χ3n) is 2.19. The molecule has 2 N–H and O–H groups in total. The van der Waals surface area contributed by atoms with Crippen molar-refractivity contribution < 1.29 is 9.90 Å². The molecule has 1 atom stereocenters. The topological polar surface area (TPSA) is 52.6 Å². The van der Waals surface area contributed by atoms with Crippen LogP contribution in [0.2, 0.25) is 0 Å². The third-order valence-corrected chi connectivity index (χ3v) is 2.57. The van der Waals surface area contributed by atoms with Crippen LogP contribution in [0, 0.1) is 0 Å². The lowest BCUT2D eigenvalue weighted by Gasteiger charge is -2.23. The Bertz CT molecular complexity index is 220. The molecular weight excluding hydrogens is 188 g/mol. The summed E-state index contributed by atoms with van der Waals surface area (Å²) in [6, 6.07) is -0.402. The molecule has 1 saturated heterocycles. The van der Waals surface area contributed by atoms with Gasteiger partial charge in [-0.25, -0.2) is 4.79 Å². The summed E-state index contributed by atoms with van der Waals surface area (Å²) < 4.78 is 0. The van der Waals surface area contributed by atoms with E-state index in [1.165, 1.54) is 0 Å². The van der Waals surface area contributed by atoms with Crippen molar-refractivity contribution >= 4 is 23.2 Å². The zero-order valence-corrected chi connectivity index (χ0v) is 8.43. The number of hydrogen-bond acceptors (Lipinski definition) is 3. The van der Waals surface area contributed by atoms with Crippen LogP contribution < -0.4 is 5.32 Å². The molecule has 0 amide bonds. The number of hydrogen-bond donors (Lipinski definition) is 2. The molecule has 5 heteroatoms. The first-order chi connectivity index (χ1) is 6.16. The Labute approximate surface area is 82.9 Å². The molecule has 1 heterocycles. The quantitative estimate of drug-likeness (QED) is 0.635. The average molecular weight is 202 g/mol. The number of nitrogens with one attached hydrogen (secondary N) is 1. The summed E-state index contributed by atoms with van der Waals surface area (Å²) in [4.78, 5) is 13.3. The van der Waals surface area contributed by atoms with Crippen LogP contribution in [0.3, 0.4) is 0 Å². The van der Waals surface area contributed by atoms with E-state index in [9.17, 15) is 4.79 Å². The van der Waals surface area contributed by atoms with Gasteiger partial charge in [-0.1, -0.05) is 12.2 Å². The molecule has 13 heavy (non-hydrogen) atoms. The summed E-state index contributed by atoms with van der Waals surface area (Å²) in [6.45, 7) is 1.36. The summed E-state index contributed by atoms with van der Waals surface area (Å²) in [5.41, 5.74) is 0. The number of carbonyl (C=O) groups is 1. The van der Waals surface area contributed by atoms with Crippen molar-refractivity contribution in [3.05, 3.63) is 0 Å². The maximum atomic E-state index is 10.8. The number of thiocarbonyl (C=S) groups is 1. The monoisotopic (exact) mass is 202 g/mol. The molecule has 4 nitrogen and oxygen atoms in total. The fourth-order valence-corrected chi connectivity index (χ4v) is 1.94. The van der Waals surface area contributed by atoms with Crippen LogP contribution in [0.4, 0.5) is 0 Å². The molecule has 1 fully saturated rings. The van der Waals surface area contributed by atoms with Gasteiger partial charge in [0.25, 0.3) is 0 Å². The highest BCUT2D eigenvalue weighted by Crippen LogP contribution is 2.17. The lowest BCUT2D eigenvalue weighted by molar-refractivity contribution is -0.140. The summed E-state index contributed by atoms with van der Waals surface area (Å²) in [5.74, 6) is -0.768. The molecule has 0 saturated carbocycles. The van der Waals surface area contributed by atoms with Gasteiger partial charge in [0.2, 0.25) is 0 Å². The van der Waals surface area contributed by atoms with Crippen LogP contribution in [0.5, 0.6) is 0 Å². The van der Waals surface area contributed by atoms with Gasteiger partial charge in [-0.15, -0.1) is 0 Å². The molecule has 1 aliphatic rings. The molecule has 74 valence electrons. The van der Waals surface area contributed by atoms with Crippen molar-refractivity contribution in [2.24, 2.45) is 0 Å². The highest BCUT2D eigenvalue weighted by Gasteiger charge is 2.31. The largest absolute Gasteiger partial charge is 0.480 e. The molecule has 0 aliphatic carbocycles. The number of likely N-dealkylation sites (N-methyl/N-ethyl adjacent to an activating group) is 1. The summed E-state index contributed by atoms with van der Waals surface area (Å²) in [6.07, 6.45) is 1.63. The average Bonchev–Trinajstić information content (AvgIpc) is 2.52. The van der Waals surface area contributed by atoms with Crippen molar-refractivity contribution in [3.63, 3.8) is 0 Å². The second-order valence-electron chi connectivity index (χ2n) is 3.11. The van der Waals surface area contributed by atoms with E-state index in [0.29, 0.717) is 18.0 Å². The van der Waals surface area contributed by atoms with Crippen LogP contribution in [0.25, 0.3) is 0 Å². The van der Waals surface area contributed by atoms with Gasteiger partial charge in [0.15, 0.2) is 0 Å². The summed E-state index contributed by atoms with van der Waals surface area (Å²) in [7, 11) is 1.80. The third kappa shape index (κ3) is 2.38. The van der Waals surface area contributed by atoms with Crippen LogP contribution in [0.1, 0.15) is 12.8 Å². The standard InChI is InChI=1S/C8H14N2O2S/c1-9-5-7(13)10-4-2-3-6(10)8(11)12/h6,9H,2-5H2,1H3,(H,11,12)/t6-/m0/s1. The van der Waals surface area contributed by atoms with Gasteiger partial charge in [-0.2, -0.15) is 0 Å². The van der Waals surface area contributed by atoms with Gasteiger partial charge in [0, 0.05) is 13.1 Å². The molecule has 0 aromatic heterocycles. The molecule has 1 aliphatic heterocycles. The molecule has 0 radical (unpaired) electrons. The van der Waals surface area contributed by atoms with Crippen molar-refractivity contribution in [3.8, 4) is 0 Å². The van der Waals surface area contributed by atoms with E-state index < -0.39 is 12.0 Å². The van der Waals surface area contributed by atoms with E-state index >= 15 is 0 Å².